The Balaban J connectivity index is 2.60. The fourth-order valence-electron chi connectivity index (χ4n) is 0.558. The molecule has 1 aromatic heterocycles. The van der Waals surface area contributed by atoms with E-state index in [1.807, 2.05) is 13.0 Å². The second-order valence-corrected chi connectivity index (χ2v) is 3.31. The lowest BCUT2D eigenvalue weighted by Gasteiger charge is -1.97. The van der Waals surface area contributed by atoms with Crippen LogP contribution in [0.1, 0.15) is 6.92 Å². The Morgan fingerprint density at radius 3 is 3.09 bits per heavy atom. The molecular weight excluding hydrogens is 158 g/mol. The highest BCUT2D eigenvalue weighted by molar-refractivity contribution is 8.00. The van der Waals surface area contributed by atoms with Crippen molar-refractivity contribution in [3.63, 3.8) is 0 Å². The summed E-state index contributed by atoms with van der Waals surface area (Å²) in [5.74, 6) is 0. The van der Waals surface area contributed by atoms with Gasteiger partial charge >= 0.3 is 0 Å². The molecule has 0 saturated carbocycles. The molecule has 1 heterocycles. The zero-order valence-corrected chi connectivity index (χ0v) is 6.88. The van der Waals surface area contributed by atoms with E-state index in [1.54, 1.807) is 12.3 Å². The molecule has 0 aromatic carbocycles. The molecule has 0 aliphatic rings. The molecule has 0 spiro atoms. The number of hydrogen-bond acceptors (Lipinski definition) is 4. The van der Waals surface area contributed by atoms with Crippen molar-refractivity contribution in [3.05, 3.63) is 18.3 Å². The molecule has 1 unspecified atom stereocenters. The minimum absolute atomic E-state index is 0.0632. The third kappa shape index (κ3) is 2.56. The summed E-state index contributed by atoms with van der Waals surface area (Å²) in [4.78, 5) is 0. The Labute approximate surface area is 69.4 Å². The van der Waals surface area contributed by atoms with Gasteiger partial charge in [0.05, 0.1) is 11.3 Å². The van der Waals surface area contributed by atoms with E-state index in [0.29, 0.717) is 0 Å². The second kappa shape index (κ2) is 3.94. The van der Waals surface area contributed by atoms with Gasteiger partial charge in [0, 0.05) is 6.20 Å². The summed E-state index contributed by atoms with van der Waals surface area (Å²) >= 11 is 1.41. The fourth-order valence-corrected chi connectivity index (χ4v) is 1.22. The molecule has 0 fully saturated rings. The molecule has 1 aromatic rings. The van der Waals surface area contributed by atoms with Gasteiger partial charge in [0.1, 0.15) is 5.03 Å². The summed E-state index contributed by atoms with van der Waals surface area (Å²) in [5, 5.41) is 16.7. The number of thioether (sulfide) groups is 1. The highest BCUT2D eigenvalue weighted by Crippen LogP contribution is 2.18. The van der Waals surface area contributed by atoms with Gasteiger partial charge in [-0.15, -0.1) is 5.10 Å². The largest absolute Gasteiger partial charge is 0.197 e. The van der Waals surface area contributed by atoms with Crippen LogP contribution in [0.4, 0.5) is 0 Å². The van der Waals surface area contributed by atoms with E-state index in [4.69, 9.17) is 5.26 Å². The van der Waals surface area contributed by atoms with Crippen molar-refractivity contribution >= 4 is 11.8 Å². The normalized spacial score (nSPS) is 12.0. The summed E-state index contributed by atoms with van der Waals surface area (Å²) in [5.41, 5.74) is 0. The highest BCUT2D eigenvalue weighted by atomic mass is 32.2. The van der Waals surface area contributed by atoms with Gasteiger partial charge in [-0.05, 0) is 19.1 Å². The average Bonchev–Trinajstić information content (AvgIpc) is 2.06. The number of nitrogens with zero attached hydrogens (tertiary/aromatic N) is 3. The molecule has 3 nitrogen and oxygen atoms in total. The molecule has 0 bridgehead atoms. The zero-order valence-electron chi connectivity index (χ0n) is 6.06. The van der Waals surface area contributed by atoms with Crippen molar-refractivity contribution in [1.29, 1.82) is 5.26 Å². The van der Waals surface area contributed by atoms with Crippen LogP contribution in [0.3, 0.4) is 0 Å². The van der Waals surface area contributed by atoms with E-state index in [1.165, 1.54) is 11.8 Å². The van der Waals surface area contributed by atoms with Crippen LogP contribution in [0.5, 0.6) is 0 Å². The van der Waals surface area contributed by atoms with Crippen LogP contribution < -0.4 is 0 Å². The summed E-state index contributed by atoms with van der Waals surface area (Å²) in [6, 6.07) is 5.75. The number of nitriles is 1. The molecular formula is C7H7N3S. The van der Waals surface area contributed by atoms with E-state index in [0.717, 1.165) is 5.03 Å². The summed E-state index contributed by atoms with van der Waals surface area (Å²) in [6.45, 7) is 1.83. The van der Waals surface area contributed by atoms with Crippen LogP contribution in [0, 0.1) is 11.3 Å². The predicted molar refractivity (Wildman–Crippen MR) is 43.0 cm³/mol. The number of hydrogen-bond donors (Lipinski definition) is 0. The van der Waals surface area contributed by atoms with Crippen LogP contribution >= 0.6 is 11.8 Å². The molecule has 0 aliphatic heterocycles. The Hall–Kier alpha value is -1.08. The zero-order chi connectivity index (χ0) is 8.10. The van der Waals surface area contributed by atoms with E-state index >= 15 is 0 Å². The molecule has 0 radical (unpaired) electrons. The monoisotopic (exact) mass is 165 g/mol. The summed E-state index contributed by atoms with van der Waals surface area (Å²) in [7, 11) is 0. The van der Waals surface area contributed by atoms with Gasteiger partial charge < -0.3 is 0 Å². The minimum Gasteiger partial charge on any atom is -0.197 e. The van der Waals surface area contributed by atoms with Crippen molar-refractivity contribution in [1.82, 2.24) is 10.2 Å². The first-order valence-electron chi connectivity index (χ1n) is 3.17. The molecule has 0 amide bonds. The first-order valence-corrected chi connectivity index (χ1v) is 4.05. The van der Waals surface area contributed by atoms with Crippen LogP contribution in [0.25, 0.3) is 0 Å². The maximum Gasteiger partial charge on any atom is 0.120 e. The van der Waals surface area contributed by atoms with Gasteiger partial charge in [0.25, 0.3) is 0 Å². The maximum atomic E-state index is 8.48. The topological polar surface area (TPSA) is 49.6 Å². The highest BCUT2D eigenvalue weighted by Gasteiger charge is 2.01. The lowest BCUT2D eigenvalue weighted by Crippen LogP contribution is -1.91. The number of rotatable bonds is 2. The van der Waals surface area contributed by atoms with Crippen molar-refractivity contribution < 1.29 is 0 Å². The molecule has 4 heteroatoms. The van der Waals surface area contributed by atoms with Gasteiger partial charge in [-0.1, -0.05) is 11.8 Å². The first-order chi connectivity index (χ1) is 5.33. The standard InChI is InChI=1S/C7H7N3S/c1-6(5-8)11-7-3-2-4-9-10-7/h2-4,6H,1H3. The SMILES string of the molecule is CC(C#N)Sc1cccnn1. The van der Waals surface area contributed by atoms with Gasteiger partial charge in [-0.25, -0.2) is 0 Å². The van der Waals surface area contributed by atoms with E-state index in [9.17, 15) is 0 Å². The van der Waals surface area contributed by atoms with Crippen LogP contribution in [-0.4, -0.2) is 15.4 Å². The molecule has 0 saturated heterocycles. The molecule has 1 atom stereocenters. The van der Waals surface area contributed by atoms with Crippen molar-refractivity contribution in [3.8, 4) is 6.07 Å². The average molecular weight is 165 g/mol. The summed E-state index contributed by atoms with van der Waals surface area (Å²) < 4.78 is 0. The molecule has 0 aliphatic carbocycles. The van der Waals surface area contributed by atoms with E-state index < -0.39 is 0 Å². The van der Waals surface area contributed by atoms with Gasteiger partial charge in [0.2, 0.25) is 0 Å². The summed E-state index contributed by atoms with van der Waals surface area (Å²) in [6.07, 6.45) is 1.61. The minimum atomic E-state index is -0.0632. The Morgan fingerprint density at radius 1 is 1.73 bits per heavy atom. The van der Waals surface area contributed by atoms with Gasteiger partial charge in [-0.2, -0.15) is 10.4 Å². The predicted octanol–water partition coefficient (Wildman–Crippen LogP) is 1.48. The second-order valence-electron chi connectivity index (χ2n) is 1.95. The quantitative estimate of drug-likeness (QED) is 0.623. The Kier molecular flexibility index (Phi) is 2.87. The van der Waals surface area contributed by atoms with Crippen LogP contribution in [-0.2, 0) is 0 Å². The van der Waals surface area contributed by atoms with Crippen molar-refractivity contribution in [2.45, 2.75) is 17.2 Å². The maximum absolute atomic E-state index is 8.48. The molecule has 0 N–H and O–H groups in total. The molecule has 11 heavy (non-hydrogen) atoms. The lowest BCUT2D eigenvalue weighted by atomic mass is 10.5. The lowest BCUT2D eigenvalue weighted by molar-refractivity contribution is 0.927. The van der Waals surface area contributed by atoms with Crippen molar-refractivity contribution in [2.24, 2.45) is 0 Å². The van der Waals surface area contributed by atoms with E-state index in [2.05, 4.69) is 16.3 Å². The van der Waals surface area contributed by atoms with Crippen LogP contribution in [0.15, 0.2) is 23.4 Å². The Bertz CT molecular complexity index is 254. The fraction of sp³-hybridized carbons (Fsp3) is 0.286. The smallest absolute Gasteiger partial charge is 0.120 e. The molecule has 1 rings (SSSR count). The molecule has 56 valence electrons. The van der Waals surface area contributed by atoms with E-state index in [-0.39, 0.29) is 5.25 Å². The number of aromatic nitrogens is 2. The first kappa shape index (κ1) is 8.02. The van der Waals surface area contributed by atoms with Crippen LogP contribution in [0.2, 0.25) is 0 Å². The van der Waals surface area contributed by atoms with Crippen molar-refractivity contribution in [2.75, 3.05) is 0 Å². The van der Waals surface area contributed by atoms with Gasteiger partial charge in [-0.3, -0.25) is 0 Å². The Morgan fingerprint density at radius 2 is 2.55 bits per heavy atom. The third-order valence-corrected chi connectivity index (χ3v) is 1.95. The third-order valence-electron chi connectivity index (χ3n) is 1.03. The van der Waals surface area contributed by atoms with Gasteiger partial charge in [0.15, 0.2) is 0 Å².